The lowest BCUT2D eigenvalue weighted by molar-refractivity contribution is -0.115. The number of carbonyl (C=O) groups excluding carboxylic acids is 2. The Balaban J connectivity index is 1.46. The molecular formula is C25H34N4O3. The maximum atomic E-state index is 12.7. The number of nitrogens with one attached hydrogen (secondary N) is 3. The number of benzene rings is 2. The summed E-state index contributed by atoms with van der Waals surface area (Å²) in [6.45, 7) is 5.88. The van der Waals surface area contributed by atoms with Crippen molar-refractivity contribution in [2.45, 2.75) is 32.2 Å². The lowest BCUT2D eigenvalue weighted by atomic mass is 10.1. The van der Waals surface area contributed by atoms with Crippen molar-refractivity contribution in [1.82, 2.24) is 15.5 Å². The summed E-state index contributed by atoms with van der Waals surface area (Å²) < 4.78 is 5.16. The number of hydrogen-bond donors (Lipinski definition) is 3. The van der Waals surface area contributed by atoms with E-state index in [1.807, 2.05) is 30.3 Å². The fourth-order valence-electron chi connectivity index (χ4n) is 4.09. The number of methoxy groups -OCH3 is 1. The molecule has 0 saturated carbocycles. The van der Waals surface area contributed by atoms with E-state index in [1.165, 1.54) is 12.8 Å². The highest BCUT2D eigenvalue weighted by Crippen LogP contribution is 2.17. The van der Waals surface area contributed by atoms with Gasteiger partial charge >= 0.3 is 0 Å². The van der Waals surface area contributed by atoms with Crippen LogP contribution in [0.4, 0.5) is 5.69 Å². The molecule has 0 aliphatic carbocycles. The Hall–Kier alpha value is -2.90. The minimum Gasteiger partial charge on any atom is -0.497 e. The summed E-state index contributed by atoms with van der Waals surface area (Å²) in [4.78, 5) is 27.6. The van der Waals surface area contributed by atoms with E-state index in [1.54, 1.807) is 25.3 Å². The van der Waals surface area contributed by atoms with Crippen molar-refractivity contribution in [2.75, 3.05) is 45.2 Å². The number of carbonyl (C=O) groups is 2. The number of rotatable bonds is 11. The van der Waals surface area contributed by atoms with Gasteiger partial charge in [-0.15, -0.1) is 0 Å². The molecule has 1 heterocycles. The van der Waals surface area contributed by atoms with Crippen LogP contribution in [0.25, 0.3) is 0 Å². The molecule has 2 aromatic carbocycles. The van der Waals surface area contributed by atoms with Crippen LogP contribution >= 0.6 is 0 Å². The summed E-state index contributed by atoms with van der Waals surface area (Å²) in [5.41, 5.74) is 2.10. The van der Waals surface area contributed by atoms with Gasteiger partial charge in [0.25, 0.3) is 5.91 Å². The third-order valence-electron chi connectivity index (χ3n) is 5.87. The third-order valence-corrected chi connectivity index (χ3v) is 5.87. The number of hydrogen-bond acceptors (Lipinski definition) is 5. The molecule has 0 unspecified atom stereocenters. The zero-order valence-electron chi connectivity index (χ0n) is 19.0. The molecule has 3 rings (SSSR count). The van der Waals surface area contributed by atoms with Gasteiger partial charge in [-0.1, -0.05) is 31.2 Å². The summed E-state index contributed by atoms with van der Waals surface area (Å²) in [7, 11) is 1.64. The Morgan fingerprint density at radius 1 is 1.12 bits per heavy atom. The van der Waals surface area contributed by atoms with Gasteiger partial charge in [0, 0.05) is 19.1 Å². The van der Waals surface area contributed by atoms with Gasteiger partial charge in [0.2, 0.25) is 5.91 Å². The molecule has 2 aromatic rings. The molecule has 7 heteroatoms. The highest BCUT2D eigenvalue weighted by molar-refractivity contribution is 6.04. The highest BCUT2D eigenvalue weighted by atomic mass is 16.5. The number of nitrogens with zero attached hydrogens (tertiary/aromatic N) is 1. The van der Waals surface area contributed by atoms with Crippen LogP contribution in [0.5, 0.6) is 5.75 Å². The lowest BCUT2D eigenvalue weighted by Gasteiger charge is -2.22. The normalized spacial score (nSPS) is 16.0. The predicted molar refractivity (Wildman–Crippen MR) is 127 cm³/mol. The molecule has 3 N–H and O–H groups in total. The second-order valence-electron chi connectivity index (χ2n) is 8.00. The van der Waals surface area contributed by atoms with Crippen molar-refractivity contribution in [1.29, 1.82) is 0 Å². The summed E-state index contributed by atoms with van der Waals surface area (Å²) in [5, 5.41) is 9.07. The first kappa shape index (κ1) is 23.8. The Morgan fingerprint density at radius 3 is 2.66 bits per heavy atom. The molecule has 0 bridgehead atoms. The molecule has 1 aliphatic rings. The molecule has 1 aliphatic heterocycles. The van der Waals surface area contributed by atoms with Crippen molar-refractivity contribution in [3.8, 4) is 5.75 Å². The lowest BCUT2D eigenvalue weighted by Crippen LogP contribution is -2.40. The molecule has 1 atom stereocenters. The van der Waals surface area contributed by atoms with E-state index < -0.39 is 0 Å². The van der Waals surface area contributed by atoms with E-state index in [-0.39, 0.29) is 18.4 Å². The average molecular weight is 439 g/mol. The Kier molecular flexibility index (Phi) is 9.07. The number of likely N-dealkylation sites (tertiary alicyclic amines) is 1. The smallest absolute Gasteiger partial charge is 0.253 e. The van der Waals surface area contributed by atoms with Gasteiger partial charge < -0.3 is 20.7 Å². The number of amides is 2. The molecule has 172 valence electrons. The van der Waals surface area contributed by atoms with E-state index in [2.05, 4.69) is 27.8 Å². The quantitative estimate of drug-likeness (QED) is 0.503. The van der Waals surface area contributed by atoms with Gasteiger partial charge in [0.15, 0.2) is 0 Å². The van der Waals surface area contributed by atoms with Crippen molar-refractivity contribution in [3.05, 3.63) is 59.7 Å². The molecular weight excluding hydrogens is 404 g/mol. The van der Waals surface area contributed by atoms with E-state index >= 15 is 0 Å². The number of ether oxygens (including phenoxy) is 1. The van der Waals surface area contributed by atoms with Crippen LogP contribution in [0.3, 0.4) is 0 Å². The minimum absolute atomic E-state index is 0.149. The maximum absolute atomic E-state index is 12.7. The maximum Gasteiger partial charge on any atom is 0.253 e. The summed E-state index contributed by atoms with van der Waals surface area (Å²) in [6.07, 6.45) is 3.10. The van der Waals surface area contributed by atoms with Gasteiger partial charge in [0.1, 0.15) is 5.75 Å². The number of anilines is 1. The SMILES string of the molecule is CCN1CCC[C@@H]1CNCC(=O)Nc1ccccc1C(=O)NCCc1ccc(OC)cc1. The average Bonchev–Trinajstić information content (AvgIpc) is 3.27. The minimum atomic E-state index is -0.202. The number of likely N-dealkylation sites (N-methyl/N-ethyl adjacent to an activating group) is 1. The molecule has 0 aromatic heterocycles. The summed E-state index contributed by atoms with van der Waals surface area (Å²) in [6, 6.07) is 15.4. The first-order chi connectivity index (χ1) is 15.6. The van der Waals surface area contributed by atoms with Gasteiger partial charge in [0.05, 0.1) is 24.9 Å². The molecule has 2 amide bonds. The van der Waals surface area contributed by atoms with Crippen molar-refractivity contribution in [2.24, 2.45) is 0 Å². The highest BCUT2D eigenvalue weighted by Gasteiger charge is 2.22. The van der Waals surface area contributed by atoms with Gasteiger partial charge in [-0.05, 0) is 62.2 Å². The topological polar surface area (TPSA) is 82.7 Å². The first-order valence-electron chi connectivity index (χ1n) is 11.4. The second-order valence-corrected chi connectivity index (χ2v) is 8.00. The zero-order valence-corrected chi connectivity index (χ0v) is 19.0. The van der Waals surface area contributed by atoms with Gasteiger partial charge in [-0.3, -0.25) is 14.5 Å². The monoisotopic (exact) mass is 438 g/mol. The Bertz CT molecular complexity index is 885. The van der Waals surface area contributed by atoms with Crippen LogP contribution < -0.4 is 20.7 Å². The van der Waals surface area contributed by atoms with E-state index in [9.17, 15) is 9.59 Å². The fraction of sp³-hybridized carbons (Fsp3) is 0.440. The van der Waals surface area contributed by atoms with E-state index in [0.717, 1.165) is 30.9 Å². The largest absolute Gasteiger partial charge is 0.497 e. The predicted octanol–water partition coefficient (Wildman–Crippen LogP) is 2.68. The van der Waals surface area contributed by atoms with Gasteiger partial charge in [-0.2, -0.15) is 0 Å². The van der Waals surface area contributed by atoms with Crippen molar-refractivity contribution < 1.29 is 14.3 Å². The molecule has 32 heavy (non-hydrogen) atoms. The van der Waals surface area contributed by atoms with Gasteiger partial charge in [-0.25, -0.2) is 0 Å². The Morgan fingerprint density at radius 2 is 1.91 bits per heavy atom. The van der Waals surface area contributed by atoms with Crippen molar-refractivity contribution >= 4 is 17.5 Å². The Labute approximate surface area is 190 Å². The fourth-order valence-corrected chi connectivity index (χ4v) is 4.09. The standard InChI is InChI=1S/C25H34N4O3/c1-3-29-16-6-7-20(29)17-26-18-24(30)28-23-9-5-4-8-22(23)25(31)27-15-14-19-10-12-21(32-2)13-11-19/h4-5,8-13,20,26H,3,6-7,14-18H2,1-2H3,(H,27,31)(H,28,30)/t20-/m1/s1. The molecule has 1 fully saturated rings. The van der Waals surface area contributed by atoms with Crippen LogP contribution in [0, 0.1) is 0 Å². The van der Waals surface area contributed by atoms with Crippen LogP contribution in [0.1, 0.15) is 35.7 Å². The first-order valence-corrected chi connectivity index (χ1v) is 11.4. The molecule has 0 radical (unpaired) electrons. The molecule has 0 spiro atoms. The van der Waals surface area contributed by atoms with Crippen LogP contribution in [0.15, 0.2) is 48.5 Å². The van der Waals surface area contributed by atoms with E-state index in [0.29, 0.717) is 30.3 Å². The zero-order chi connectivity index (χ0) is 22.8. The van der Waals surface area contributed by atoms with Crippen LogP contribution in [-0.4, -0.2) is 62.6 Å². The van der Waals surface area contributed by atoms with Crippen LogP contribution in [0.2, 0.25) is 0 Å². The summed E-state index contributed by atoms with van der Waals surface area (Å²) in [5.74, 6) is 0.458. The number of para-hydroxylation sites is 1. The molecule has 7 nitrogen and oxygen atoms in total. The van der Waals surface area contributed by atoms with E-state index in [4.69, 9.17) is 4.74 Å². The molecule has 1 saturated heterocycles. The van der Waals surface area contributed by atoms with Crippen molar-refractivity contribution in [3.63, 3.8) is 0 Å². The summed E-state index contributed by atoms with van der Waals surface area (Å²) >= 11 is 0. The third kappa shape index (κ3) is 6.80. The van der Waals surface area contributed by atoms with Crippen LogP contribution in [-0.2, 0) is 11.2 Å². The second kappa shape index (κ2) is 12.2.